The first kappa shape index (κ1) is 15.3. The molecule has 1 saturated heterocycles. The Labute approximate surface area is 141 Å². The Morgan fingerprint density at radius 1 is 1.00 bits per heavy atom. The number of hydrogen-bond acceptors (Lipinski definition) is 5. The van der Waals surface area contributed by atoms with Crippen LogP contribution >= 0.6 is 0 Å². The van der Waals surface area contributed by atoms with Gasteiger partial charge in [0, 0.05) is 31.0 Å². The van der Waals surface area contributed by atoms with Crippen LogP contribution in [0.4, 0.5) is 0 Å². The molecule has 0 spiro atoms. The Hall–Kier alpha value is -2.28. The second kappa shape index (κ2) is 6.68. The highest BCUT2D eigenvalue weighted by molar-refractivity contribution is 5.94. The average molecular weight is 326 g/mol. The highest BCUT2D eigenvalue weighted by atomic mass is 16.2. The molecular formula is C17H22N6O. The quantitative estimate of drug-likeness (QED) is 0.851. The fraction of sp³-hybridized carbons (Fsp3) is 0.529. The van der Waals surface area contributed by atoms with Gasteiger partial charge in [-0.1, -0.05) is 0 Å². The topological polar surface area (TPSA) is 67.2 Å². The molecule has 1 fully saturated rings. The van der Waals surface area contributed by atoms with Crippen molar-refractivity contribution in [1.29, 1.82) is 0 Å². The zero-order valence-corrected chi connectivity index (χ0v) is 13.8. The Morgan fingerprint density at radius 2 is 1.79 bits per heavy atom. The normalized spacial score (nSPS) is 18.4. The van der Waals surface area contributed by atoms with E-state index in [9.17, 15) is 4.79 Å². The van der Waals surface area contributed by atoms with Crippen LogP contribution in [0.3, 0.4) is 0 Å². The minimum Gasteiger partial charge on any atom is -0.331 e. The van der Waals surface area contributed by atoms with Crippen LogP contribution in [0.2, 0.25) is 0 Å². The molecule has 2 aliphatic heterocycles. The summed E-state index contributed by atoms with van der Waals surface area (Å²) < 4.78 is 2.21. The number of carbonyl (C=O) groups is 1. The average Bonchev–Trinajstić information content (AvgIpc) is 3.20. The number of amides is 1. The molecular weight excluding hydrogens is 304 g/mol. The summed E-state index contributed by atoms with van der Waals surface area (Å²) in [5, 5.41) is 8.76. The van der Waals surface area contributed by atoms with E-state index in [1.54, 1.807) is 24.5 Å². The molecule has 2 aliphatic rings. The molecule has 7 heteroatoms. The van der Waals surface area contributed by atoms with Crippen LogP contribution in [-0.4, -0.2) is 55.1 Å². The molecule has 2 aromatic heterocycles. The van der Waals surface area contributed by atoms with Crippen molar-refractivity contribution in [2.75, 3.05) is 19.6 Å². The molecule has 4 rings (SSSR count). The first-order valence-electron chi connectivity index (χ1n) is 8.64. The van der Waals surface area contributed by atoms with Gasteiger partial charge in [-0.15, -0.1) is 10.2 Å². The van der Waals surface area contributed by atoms with Gasteiger partial charge in [0.1, 0.15) is 5.82 Å². The minimum absolute atomic E-state index is 0.0370. The molecule has 0 N–H and O–H groups in total. The van der Waals surface area contributed by atoms with Crippen molar-refractivity contribution in [2.24, 2.45) is 0 Å². The lowest BCUT2D eigenvalue weighted by Crippen LogP contribution is -2.31. The Morgan fingerprint density at radius 3 is 2.58 bits per heavy atom. The zero-order chi connectivity index (χ0) is 16.4. The first-order valence-corrected chi connectivity index (χ1v) is 8.64. The van der Waals surface area contributed by atoms with E-state index in [0.29, 0.717) is 12.1 Å². The number of aromatic nitrogens is 4. The van der Waals surface area contributed by atoms with Crippen LogP contribution in [0.1, 0.15) is 41.3 Å². The Bertz CT molecular complexity index is 707. The van der Waals surface area contributed by atoms with Crippen molar-refractivity contribution in [2.45, 2.75) is 38.9 Å². The second-order valence-electron chi connectivity index (χ2n) is 6.48. The van der Waals surface area contributed by atoms with Crippen molar-refractivity contribution < 1.29 is 4.79 Å². The van der Waals surface area contributed by atoms with Crippen LogP contribution in [-0.2, 0) is 19.6 Å². The molecule has 24 heavy (non-hydrogen) atoms. The van der Waals surface area contributed by atoms with Crippen LogP contribution < -0.4 is 0 Å². The van der Waals surface area contributed by atoms with Crippen LogP contribution in [0.5, 0.6) is 0 Å². The molecule has 0 unspecified atom stereocenters. The van der Waals surface area contributed by atoms with Crippen molar-refractivity contribution in [1.82, 2.24) is 29.5 Å². The summed E-state index contributed by atoms with van der Waals surface area (Å²) in [4.78, 5) is 21.0. The van der Waals surface area contributed by atoms with Crippen LogP contribution in [0.15, 0.2) is 24.5 Å². The summed E-state index contributed by atoms with van der Waals surface area (Å²) in [6.45, 7) is 5.31. The van der Waals surface area contributed by atoms with E-state index in [0.717, 1.165) is 50.8 Å². The summed E-state index contributed by atoms with van der Waals surface area (Å²) in [5.41, 5.74) is 0.676. The molecule has 7 nitrogen and oxygen atoms in total. The monoisotopic (exact) mass is 326 g/mol. The van der Waals surface area contributed by atoms with E-state index in [1.807, 2.05) is 4.90 Å². The number of nitrogens with zero attached hydrogens (tertiary/aromatic N) is 6. The molecule has 1 amide bonds. The summed E-state index contributed by atoms with van der Waals surface area (Å²) in [6.07, 6.45) is 6.78. The maximum Gasteiger partial charge on any atom is 0.254 e. The summed E-state index contributed by atoms with van der Waals surface area (Å²) in [6, 6.07) is 3.52. The molecule has 0 aliphatic carbocycles. The van der Waals surface area contributed by atoms with Gasteiger partial charge in [-0.3, -0.25) is 14.7 Å². The number of likely N-dealkylation sites (tertiary alicyclic amines) is 1. The molecule has 126 valence electrons. The molecule has 0 atom stereocenters. The van der Waals surface area contributed by atoms with Gasteiger partial charge in [-0.25, -0.2) is 0 Å². The third-order valence-electron chi connectivity index (χ3n) is 4.82. The lowest BCUT2D eigenvalue weighted by atomic mass is 10.2. The van der Waals surface area contributed by atoms with Gasteiger partial charge >= 0.3 is 0 Å². The number of fused-ring (bicyclic) bond motifs is 1. The Balaban J connectivity index is 1.51. The predicted octanol–water partition coefficient (Wildman–Crippen LogP) is 1.31. The number of hydrogen-bond donors (Lipinski definition) is 0. The van der Waals surface area contributed by atoms with E-state index in [1.165, 1.54) is 12.8 Å². The summed E-state index contributed by atoms with van der Waals surface area (Å²) in [5.74, 6) is 1.96. The van der Waals surface area contributed by atoms with Gasteiger partial charge < -0.3 is 9.47 Å². The van der Waals surface area contributed by atoms with Crippen molar-refractivity contribution >= 4 is 5.91 Å². The summed E-state index contributed by atoms with van der Waals surface area (Å²) >= 11 is 0. The highest BCUT2D eigenvalue weighted by Crippen LogP contribution is 2.17. The van der Waals surface area contributed by atoms with Crippen molar-refractivity contribution in [3.8, 4) is 0 Å². The number of pyridine rings is 1. The van der Waals surface area contributed by atoms with E-state index >= 15 is 0 Å². The standard InChI is InChI=1S/C17H22N6O/c24-17(14-4-6-18-7-5-14)22-10-3-11-23-15(19-20-16(23)13-22)12-21-8-1-2-9-21/h4-7H,1-3,8-13H2. The second-order valence-corrected chi connectivity index (χ2v) is 6.48. The predicted molar refractivity (Wildman–Crippen MR) is 88.1 cm³/mol. The number of rotatable bonds is 3. The van der Waals surface area contributed by atoms with Gasteiger partial charge in [0.15, 0.2) is 5.82 Å². The fourth-order valence-electron chi connectivity index (χ4n) is 3.53. The molecule has 0 bridgehead atoms. The smallest absolute Gasteiger partial charge is 0.254 e. The fourth-order valence-corrected chi connectivity index (χ4v) is 3.53. The largest absolute Gasteiger partial charge is 0.331 e. The molecule has 0 aromatic carbocycles. The maximum absolute atomic E-state index is 12.7. The molecule has 0 radical (unpaired) electrons. The van der Waals surface area contributed by atoms with Gasteiger partial charge in [0.2, 0.25) is 0 Å². The maximum atomic E-state index is 12.7. The molecule has 4 heterocycles. The highest BCUT2D eigenvalue weighted by Gasteiger charge is 2.24. The van der Waals surface area contributed by atoms with Gasteiger partial charge in [-0.2, -0.15) is 0 Å². The first-order chi connectivity index (χ1) is 11.8. The van der Waals surface area contributed by atoms with E-state index in [4.69, 9.17) is 0 Å². The third-order valence-corrected chi connectivity index (χ3v) is 4.82. The lowest BCUT2D eigenvalue weighted by molar-refractivity contribution is 0.0743. The van der Waals surface area contributed by atoms with Gasteiger partial charge in [-0.05, 0) is 44.5 Å². The minimum atomic E-state index is 0.0370. The van der Waals surface area contributed by atoms with Crippen molar-refractivity contribution in [3.05, 3.63) is 41.7 Å². The molecule has 2 aromatic rings. The Kier molecular flexibility index (Phi) is 4.25. The van der Waals surface area contributed by atoms with Crippen molar-refractivity contribution in [3.63, 3.8) is 0 Å². The summed E-state index contributed by atoms with van der Waals surface area (Å²) in [7, 11) is 0. The van der Waals surface area contributed by atoms with Crippen LogP contribution in [0.25, 0.3) is 0 Å². The zero-order valence-electron chi connectivity index (χ0n) is 13.8. The van der Waals surface area contributed by atoms with E-state index in [2.05, 4.69) is 24.6 Å². The lowest BCUT2D eigenvalue weighted by Gasteiger charge is -2.19. The van der Waals surface area contributed by atoms with E-state index in [-0.39, 0.29) is 5.91 Å². The number of carbonyl (C=O) groups excluding carboxylic acids is 1. The van der Waals surface area contributed by atoms with E-state index < -0.39 is 0 Å². The van der Waals surface area contributed by atoms with Crippen LogP contribution in [0, 0.1) is 0 Å². The van der Waals surface area contributed by atoms with Gasteiger partial charge in [0.05, 0.1) is 13.1 Å². The third kappa shape index (κ3) is 3.03. The van der Waals surface area contributed by atoms with Gasteiger partial charge in [0.25, 0.3) is 5.91 Å². The SMILES string of the molecule is O=C(c1ccncc1)N1CCCn2c(CN3CCCC3)nnc2C1. The molecule has 0 saturated carbocycles.